The minimum Gasteiger partial charge on any atom is -0.469 e. The van der Waals surface area contributed by atoms with Crippen LogP contribution in [-0.2, 0) is 20.7 Å². The summed E-state index contributed by atoms with van der Waals surface area (Å²) in [7, 11) is 1.33. The van der Waals surface area contributed by atoms with Crippen molar-refractivity contribution in [2.75, 3.05) is 7.11 Å². The van der Waals surface area contributed by atoms with Gasteiger partial charge in [-0.25, -0.2) is 4.98 Å². The Morgan fingerprint density at radius 2 is 1.86 bits per heavy atom. The number of amides is 1. The number of hydrogen-bond donors (Lipinski definition) is 1. The zero-order valence-corrected chi connectivity index (χ0v) is 17.5. The molecular formula is C22H21BrN2O4. The van der Waals surface area contributed by atoms with Gasteiger partial charge >= 0.3 is 5.97 Å². The number of benzene rings is 2. The predicted molar refractivity (Wildman–Crippen MR) is 112 cm³/mol. The average molecular weight is 457 g/mol. The van der Waals surface area contributed by atoms with Crippen LogP contribution in [0.1, 0.15) is 30.3 Å². The fraction of sp³-hybridized carbons (Fsp3) is 0.227. The molecule has 0 bridgehead atoms. The van der Waals surface area contributed by atoms with E-state index >= 15 is 0 Å². The van der Waals surface area contributed by atoms with Crippen molar-refractivity contribution in [3.63, 3.8) is 0 Å². The number of carbonyl (C=O) groups is 2. The number of esters is 1. The van der Waals surface area contributed by atoms with Gasteiger partial charge in [0.15, 0.2) is 11.7 Å². The number of ether oxygens (including phenoxy) is 1. The van der Waals surface area contributed by atoms with Gasteiger partial charge in [0.1, 0.15) is 0 Å². The Hall–Kier alpha value is -2.93. The summed E-state index contributed by atoms with van der Waals surface area (Å²) in [6, 6.07) is 16.6. The normalized spacial score (nSPS) is 11.7. The third kappa shape index (κ3) is 6.02. The van der Waals surface area contributed by atoms with Gasteiger partial charge in [0.2, 0.25) is 5.91 Å². The van der Waals surface area contributed by atoms with E-state index in [-0.39, 0.29) is 18.7 Å². The topological polar surface area (TPSA) is 81.4 Å². The van der Waals surface area contributed by atoms with Crippen LogP contribution < -0.4 is 5.32 Å². The van der Waals surface area contributed by atoms with Crippen LogP contribution in [-0.4, -0.2) is 24.0 Å². The molecule has 29 heavy (non-hydrogen) atoms. The molecule has 0 saturated heterocycles. The standard InChI is InChI=1S/C22H21BrN2O4/c1-28-22(27)13-18(15-7-9-17(23)10-8-15)25-20(26)11-12-21-24-14-19(29-21)16-5-3-2-4-6-16/h2-10,14,18H,11-13H2,1H3,(H,25,26). The molecule has 2 aromatic carbocycles. The largest absolute Gasteiger partial charge is 0.469 e. The first-order chi connectivity index (χ1) is 14.0. The fourth-order valence-corrected chi connectivity index (χ4v) is 3.11. The van der Waals surface area contributed by atoms with Gasteiger partial charge < -0.3 is 14.5 Å². The van der Waals surface area contributed by atoms with Gasteiger partial charge in [-0.15, -0.1) is 0 Å². The van der Waals surface area contributed by atoms with Crippen molar-refractivity contribution in [2.24, 2.45) is 0 Å². The minimum absolute atomic E-state index is 0.0566. The molecular weight excluding hydrogens is 436 g/mol. The molecule has 150 valence electrons. The van der Waals surface area contributed by atoms with Crippen LogP contribution in [0.4, 0.5) is 0 Å². The number of aromatic nitrogens is 1. The summed E-state index contributed by atoms with van der Waals surface area (Å²) < 4.78 is 11.4. The minimum atomic E-state index is -0.465. The Bertz CT molecular complexity index is 954. The van der Waals surface area contributed by atoms with Crippen LogP contribution >= 0.6 is 15.9 Å². The number of carbonyl (C=O) groups excluding carboxylic acids is 2. The van der Waals surface area contributed by atoms with E-state index in [1.807, 2.05) is 54.6 Å². The van der Waals surface area contributed by atoms with E-state index in [0.717, 1.165) is 15.6 Å². The Balaban J connectivity index is 1.60. The monoisotopic (exact) mass is 456 g/mol. The summed E-state index contributed by atoms with van der Waals surface area (Å²) >= 11 is 3.38. The Morgan fingerprint density at radius 1 is 1.14 bits per heavy atom. The molecule has 1 N–H and O–H groups in total. The number of halogens is 1. The molecule has 1 heterocycles. The highest BCUT2D eigenvalue weighted by molar-refractivity contribution is 9.10. The Kier molecular flexibility index (Phi) is 7.19. The molecule has 1 unspecified atom stereocenters. The lowest BCUT2D eigenvalue weighted by molar-refractivity contribution is -0.141. The van der Waals surface area contributed by atoms with Gasteiger partial charge in [-0.3, -0.25) is 9.59 Å². The van der Waals surface area contributed by atoms with E-state index in [1.165, 1.54) is 7.11 Å². The number of nitrogens with zero attached hydrogens (tertiary/aromatic N) is 1. The molecule has 1 amide bonds. The lowest BCUT2D eigenvalue weighted by Gasteiger charge is -2.18. The molecule has 0 saturated carbocycles. The molecule has 1 aromatic heterocycles. The lowest BCUT2D eigenvalue weighted by Crippen LogP contribution is -2.30. The van der Waals surface area contributed by atoms with Crippen molar-refractivity contribution in [2.45, 2.75) is 25.3 Å². The van der Waals surface area contributed by atoms with E-state index in [9.17, 15) is 9.59 Å². The highest BCUT2D eigenvalue weighted by atomic mass is 79.9. The quantitative estimate of drug-likeness (QED) is 0.506. The zero-order valence-electron chi connectivity index (χ0n) is 15.9. The van der Waals surface area contributed by atoms with Gasteiger partial charge in [0.05, 0.1) is 25.8 Å². The SMILES string of the molecule is COC(=O)CC(NC(=O)CCc1ncc(-c2ccccc2)o1)c1ccc(Br)cc1. The predicted octanol–water partition coefficient (Wildman–Crippen LogP) is 4.46. The molecule has 0 spiro atoms. The van der Waals surface area contributed by atoms with Gasteiger partial charge in [-0.05, 0) is 17.7 Å². The van der Waals surface area contributed by atoms with Crippen LogP contribution in [0, 0.1) is 0 Å². The van der Waals surface area contributed by atoms with Crippen molar-refractivity contribution < 1.29 is 18.7 Å². The Morgan fingerprint density at radius 3 is 2.55 bits per heavy atom. The van der Waals surface area contributed by atoms with Crippen LogP contribution in [0.15, 0.2) is 69.7 Å². The van der Waals surface area contributed by atoms with Gasteiger partial charge in [0, 0.05) is 22.9 Å². The second-order valence-corrected chi connectivity index (χ2v) is 7.35. The maximum atomic E-state index is 12.5. The number of hydrogen-bond acceptors (Lipinski definition) is 5. The van der Waals surface area contributed by atoms with Crippen molar-refractivity contribution in [3.8, 4) is 11.3 Å². The fourth-order valence-electron chi connectivity index (χ4n) is 2.85. The summed E-state index contributed by atoms with van der Waals surface area (Å²) in [6.45, 7) is 0. The number of rotatable bonds is 8. The third-order valence-electron chi connectivity index (χ3n) is 4.38. The maximum absolute atomic E-state index is 12.5. The number of methoxy groups -OCH3 is 1. The van der Waals surface area contributed by atoms with Crippen LogP contribution in [0.25, 0.3) is 11.3 Å². The first-order valence-corrected chi connectivity index (χ1v) is 9.96. The van der Waals surface area contributed by atoms with E-state index in [1.54, 1.807) is 6.20 Å². The van der Waals surface area contributed by atoms with Gasteiger partial charge in [-0.1, -0.05) is 58.4 Å². The molecule has 0 fully saturated rings. The van der Waals surface area contributed by atoms with E-state index in [2.05, 4.69) is 26.2 Å². The van der Waals surface area contributed by atoms with Crippen molar-refractivity contribution in [3.05, 3.63) is 76.7 Å². The van der Waals surface area contributed by atoms with E-state index in [4.69, 9.17) is 9.15 Å². The number of oxazole rings is 1. The molecule has 3 aromatic rings. The molecule has 1 atom stereocenters. The first kappa shape index (κ1) is 20.8. The lowest BCUT2D eigenvalue weighted by atomic mass is 10.0. The number of nitrogens with one attached hydrogen (secondary N) is 1. The summed E-state index contributed by atoms with van der Waals surface area (Å²) in [5, 5.41) is 2.90. The first-order valence-electron chi connectivity index (χ1n) is 9.17. The molecule has 3 rings (SSSR count). The third-order valence-corrected chi connectivity index (χ3v) is 4.91. The zero-order chi connectivity index (χ0) is 20.6. The highest BCUT2D eigenvalue weighted by Gasteiger charge is 2.19. The van der Waals surface area contributed by atoms with Crippen molar-refractivity contribution in [1.29, 1.82) is 0 Å². The van der Waals surface area contributed by atoms with Crippen LogP contribution in [0.5, 0.6) is 0 Å². The van der Waals surface area contributed by atoms with Gasteiger partial charge in [-0.2, -0.15) is 0 Å². The maximum Gasteiger partial charge on any atom is 0.307 e. The molecule has 7 heteroatoms. The summed E-state index contributed by atoms with van der Waals surface area (Å²) in [5.41, 5.74) is 1.76. The molecule has 0 aliphatic carbocycles. The smallest absolute Gasteiger partial charge is 0.307 e. The molecule has 0 aliphatic rings. The summed E-state index contributed by atoms with van der Waals surface area (Å²) in [6.07, 6.45) is 2.28. The summed E-state index contributed by atoms with van der Waals surface area (Å²) in [4.78, 5) is 28.5. The van der Waals surface area contributed by atoms with Crippen molar-refractivity contribution in [1.82, 2.24) is 10.3 Å². The van der Waals surface area contributed by atoms with E-state index in [0.29, 0.717) is 18.1 Å². The van der Waals surface area contributed by atoms with E-state index < -0.39 is 12.0 Å². The molecule has 0 radical (unpaired) electrons. The molecule has 6 nitrogen and oxygen atoms in total. The summed E-state index contributed by atoms with van der Waals surface area (Å²) in [5.74, 6) is 0.575. The molecule has 0 aliphatic heterocycles. The second kappa shape index (κ2) is 10.0. The second-order valence-electron chi connectivity index (χ2n) is 6.44. The highest BCUT2D eigenvalue weighted by Crippen LogP contribution is 2.22. The van der Waals surface area contributed by atoms with Crippen LogP contribution in [0.2, 0.25) is 0 Å². The van der Waals surface area contributed by atoms with Gasteiger partial charge in [0.25, 0.3) is 0 Å². The van der Waals surface area contributed by atoms with Crippen molar-refractivity contribution >= 4 is 27.8 Å². The average Bonchev–Trinajstić information content (AvgIpc) is 3.22. The Labute approximate surface area is 177 Å². The number of aryl methyl sites for hydroxylation is 1. The van der Waals surface area contributed by atoms with Crippen LogP contribution in [0.3, 0.4) is 0 Å².